The van der Waals surface area contributed by atoms with Gasteiger partial charge in [0, 0.05) is 17.6 Å². The Labute approximate surface area is 114 Å². The van der Waals surface area contributed by atoms with Crippen molar-refractivity contribution in [3.63, 3.8) is 0 Å². The van der Waals surface area contributed by atoms with Gasteiger partial charge >= 0.3 is 0 Å². The maximum Gasteiger partial charge on any atom is 0.243 e. The van der Waals surface area contributed by atoms with E-state index in [2.05, 4.69) is 20.7 Å². The lowest BCUT2D eigenvalue weighted by Crippen LogP contribution is -2.30. The standard InChI is InChI=1S/C11H13BrFNO3S/c12-9-1-2-11(10(13)5-9)18(15,16)14-6-8-3-4-17-7-8/h1-2,5,8,14H,3-4,6-7H2. The minimum absolute atomic E-state index is 0.165. The number of ether oxygens (including phenoxy) is 1. The molecular formula is C11H13BrFNO3S. The lowest BCUT2D eigenvalue weighted by atomic mass is 10.1. The van der Waals surface area contributed by atoms with Crippen molar-refractivity contribution < 1.29 is 17.5 Å². The minimum atomic E-state index is -3.80. The molecule has 0 saturated carbocycles. The fourth-order valence-corrected chi connectivity index (χ4v) is 3.25. The van der Waals surface area contributed by atoms with E-state index >= 15 is 0 Å². The first-order valence-electron chi connectivity index (χ1n) is 5.51. The Hall–Kier alpha value is -0.500. The van der Waals surface area contributed by atoms with Crippen LogP contribution in [0.15, 0.2) is 27.6 Å². The Morgan fingerprint density at radius 1 is 1.50 bits per heavy atom. The maximum absolute atomic E-state index is 13.6. The highest BCUT2D eigenvalue weighted by Gasteiger charge is 2.22. The zero-order valence-corrected chi connectivity index (χ0v) is 11.9. The van der Waals surface area contributed by atoms with Crippen LogP contribution in [0.3, 0.4) is 0 Å². The molecule has 0 radical (unpaired) electrons. The van der Waals surface area contributed by atoms with Gasteiger partial charge in [0.05, 0.1) is 6.61 Å². The van der Waals surface area contributed by atoms with Gasteiger partial charge in [0.15, 0.2) is 0 Å². The zero-order valence-electron chi connectivity index (χ0n) is 9.53. The summed E-state index contributed by atoms with van der Waals surface area (Å²) in [5.74, 6) is -0.599. The van der Waals surface area contributed by atoms with E-state index in [1.807, 2.05) is 0 Å². The molecule has 1 heterocycles. The molecule has 0 amide bonds. The van der Waals surface area contributed by atoms with Crippen molar-refractivity contribution in [2.75, 3.05) is 19.8 Å². The van der Waals surface area contributed by atoms with Crippen molar-refractivity contribution in [3.05, 3.63) is 28.5 Å². The molecule has 100 valence electrons. The molecule has 1 atom stereocenters. The SMILES string of the molecule is O=S(=O)(NCC1CCOC1)c1ccc(Br)cc1F. The van der Waals surface area contributed by atoms with Crippen molar-refractivity contribution in [2.24, 2.45) is 5.92 Å². The third-order valence-corrected chi connectivity index (χ3v) is 4.72. The second-order valence-corrected chi connectivity index (χ2v) is 6.81. The van der Waals surface area contributed by atoms with Crippen LogP contribution in [-0.2, 0) is 14.8 Å². The van der Waals surface area contributed by atoms with Gasteiger partial charge in [-0.25, -0.2) is 17.5 Å². The maximum atomic E-state index is 13.6. The van der Waals surface area contributed by atoms with E-state index in [9.17, 15) is 12.8 Å². The molecule has 0 bridgehead atoms. The Kier molecular flexibility index (Phi) is 4.37. The average molecular weight is 338 g/mol. The summed E-state index contributed by atoms with van der Waals surface area (Å²) in [6, 6.07) is 3.87. The first-order valence-corrected chi connectivity index (χ1v) is 7.79. The molecule has 1 saturated heterocycles. The van der Waals surface area contributed by atoms with Gasteiger partial charge in [0.2, 0.25) is 10.0 Å². The van der Waals surface area contributed by atoms with Gasteiger partial charge in [-0.05, 0) is 30.5 Å². The summed E-state index contributed by atoms with van der Waals surface area (Å²) in [5, 5.41) is 0. The smallest absolute Gasteiger partial charge is 0.243 e. The first-order chi connectivity index (χ1) is 8.49. The van der Waals surface area contributed by atoms with E-state index in [1.54, 1.807) is 0 Å². The largest absolute Gasteiger partial charge is 0.381 e. The summed E-state index contributed by atoms with van der Waals surface area (Å²) in [5.41, 5.74) is 0. The first kappa shape index (κ1) is 13.9. The van der Waals surface area contributed by atoms with E-state index in [4.69, 9.17) is 4.74 Å². The Morgan fingerprint density at radius 2 is 2.28 bits per heavy atom. The van der Waals surface area contributed by atoms with Crippen LogP contribution < -0.4 is 4.72 Å². The zero-order chi connectivity index (χ0) is 13.2. The summed E-state index contributed by atoms with van der Waals surface area (Å²) in [7, 11) is -3.80. The van der Waals surface area contributed by atoms with Gasteiger partial charge in [0.1, 0.15) is 10.7 Å². The molecule has 2 rings (SSSR count). The highest BCUT2D eigenvalue weighted by atomic mass is 79.9. The molecular weight excluding hydrogens is 325 g/mol. The molecule has 18 heavy (non-hydrogen) atoms. The average Bonchev–Trinajstić information content (AvgIpc) is 2.78. The lowest BCUT2D eigenvalue weighted by molar-refractivity contribution is 0.186. The van der Waals surface area contributed by atoms with E-state index < -0.39 is 15.8 Å². The molecule has 1 aromatic rings. The summed E-state index contributed by atoms with van der Waals surface area (Å²) < 4.78 is 45.5. The van der Waals surface area contributed by atoms with Crippen molar-refractivity contribution in [1.29, 1.82) is 0 Å². The van der Waals surface area contributed by atoms with Crippen LogP contribution in [0.4, 0.5) is 4.39 Å². The highest BCUT2D eigenvalue weighted by Crippen LogP contribution is 2.20. The predicted octanol–water partition coefficient (Wildman–Crippen LogP) is 1.90. The van der Waals surface area contributed by atoms with Crippen LogP contribution in [0.5, 0.6) is 0 Å². The Morgan fingerprint density at radius 3 is 2.89 bits per heavy atom. The van der Waals surface area contributed by atoms with Crippen LogP contribution >= 0.6 is 15.9 Å². The second-order valence-electron chi connectivity index (χ2n) is 4.16. The van der Waals surface area contributed by atoms with Gasteiger partial charge in [-0.2, -0.15) is 0 Å². The number of hydrogen-bond acceptors (Lipinski definition) is 3. The van der Waals surface area contributed by atoms with Crippen LogP contribution in [0, 0.1) is 11.7 Å². The monoisotopic (exact) mass is 337 g/mol. The molecule has 4 nitrogen and oxygen atoms in total. The van der Waals surface area contributed by atoms with E-state index in [1.165, 1.54) is 12.1 Å². The number of halogens is 2. The molecule has 1 unspecified atom stereocenters. The lowest BCUT2D eigenvalue weighted by Gasteiger charge is -2.11. The number of benzene rings is 1. The predicted molar refractivity (Wildman–Crippen MR) is 68.2 cm³/mol. The second kappa shape index (κ2) is 5.64. The molecule has 1 aliphatic rings. The van der Waals surface area contributed by atoms with Crippen molar-refractivity contribution in [1.82, 2.24) is 4.72 Å². The molecule has 1 aromatic carbocycles. The number of nitrogens with one attached hydrogen (secondary N) is 1. The quantitative estimate of drug-likeness (QED) is 0.912. The minimum Gasteiger partial charge on any atom is -0.381 e. The summed E-state index contributed by atoms with van der Waals surface area (Å²) in [4.78, 5) is -0.329. The van der Waals surface area contributed by atoms with E-state index in [0.717, 1.165) is 12.5 Å². The Balaban J connectivity index is 2.09. The highest BCUT2D eigenvalue weighted by molar-refractivity contribution is 9.10. The van der Waals surface area contributed by atoms with E-state index in [-0.39, 0.29) is 17.4 Å². The number of rotatable bonds is 4. The van der Waals surface area contributed by atoms with Crippen LogP contribution in [-0.4, -0.2) is 28.2 Å². The van der Waals surface area contributed by atoms with Crippen molar-refractivity contribution in [2.45, 2.75) is 11.3 Å². The third kappa shape index (κ3) is 3.28. The molecule has 1 aliphatic heterocycles. The van der Waals surface area contributed by atoms with Gasteiger partial charge < -0.3 is 4.74 Å². The van der Waals surface area contributed by atoms with Crippen molar-refractivity contribution in [3.8, 4) is 0 Å². The van der Waals surface area contributed by atoms with Crippen LogP contribution in [0.2, 0.25) is 0 Å². The fourth-order valence-electron chi connectivity index (χ4n) is 1.74. The Bertz CT molecular complexity index is 529. The summed E-state index contributed by atoms with van der Waals surface area (Å²) >= 11 is 3.08. The fraction of sp³-hybridized carbons (Fsp3) is 0.455. The van der Waals surface area contributed by atoms with Crippen molar-refractivity contribution >= 4 is 26.0 Å². The van der Waals surface area contributed by atoms with Crippen LogP contribution in [0.25, 0.3) is 0 Å². The number of sulfonamides is 1. The van der Waals surface area contributed by atoms with E-state index in [0.29, 0.717) is 17.7 Å². The summed E-state index contributed by atoms with van der Waals surface area (Å²) in [6.07, 6.45) is 0.825. The molecule has 0 spiro atoms. The molecule has 1 N–H and O–H groups in total. The molecule has 1 fully saturated rings. The molecule has 0 aliphatic carbocycles. The molecule has 0 aromatic heterocycles. The number of hydrogen-bond donors (Lipinski definition) is 1. The van der Waals surface area contributed by atoms with Gasteiger partial charge in [0.25, 0.3) is 0 Å². The molecule has 7 heteroatoms. The van der Waals surface area contributed by atoms with Gasteiger partial charge in [-0.3, -0.25) is 0 Å². The van der Waals surface area contributed by atoms with Crippen LogP contribution in [0.1, 0.15) is 6.42 Å². The summed E-state index contributed by atoms with van der Waals surface area (Å²) in [6.45, 7) is 1.47. The van der Waals surface area contributed by atoms with Gasteiger partial charge in [-0.1, -0.05) is 15.9 Å². The normalized spacial score (nSPS) is 20.2. The third-order valence-electron chi connectivity index (χ3n) is 2.77. The topological polar surface area (TPSA) is 55.4 Å². The van der Waals surface area contributed by atoms with Gasteiger partial charge in [-0.15, -0.1) is 0 Å².